The van der Waals surface area contributed by atoms with Gasteiger partial charge in [0, 0.05) is 9.49 Å². The lowest BCUT2D eigenvalue weighted by Gasteiger charge is -2.45. The van der Waals surface area contributed by atoms with Gasteiger partial charge in [-0.3, -0.25) is 19.2 Å². The smallest absolute Gasteiger partial charge is 0.338 e. The molecule has 4 saturated heterocycles. The van der Waals surface area contributed by atoms with Crippen molar-refractivity contribution in [2.24, 2.45) is 11.5 Å². The lowest BCUT2D eigenvalue weighted by Crippen LogP contribution is -2.72. The number of carbonyl (C=O) groups excluding carboxylic acids is 6. The van der Waals surface area contributed by atoms with E-state index in [-0.39, 0.29) is 0 Å². The maximum absolute atomic E-state index is 13.6. The molecule has 0 saturated carbocycles. The molecule has 13 nitrogen and oxygen atoms in total. The summed E-state index contributed by atoms with van der Waals surface area (Å²) in [6.45, 7) is 7.02. The molecule has 4 heterocycles. The zero-order chi connectivity index (χ0) is 34.0. The minimum Gasteiger partial charge on any atom is -0.390 e. The van der Waals surface area contributed by atoms with Gasteiger partial charge in [-0.25, -0.2) is 9.59 Å². The second-order valence-electron chi connectivity index (χ2n) is 13.0. The molecular formula is C32H36N6O7S2. The fourth-order valence-electron chi connectivity index (χ4n) is 6.57. The van der Waals surface area contributed by atoms with Crippen LogP contribution in [0.15, 0.2) is 60.7 Å². The van der Waals surface area contributed by atoms with Crippen molar-refractivity contribution in [2.75, 3.05) is 0 Å². The molecule has 0 radical (unpaired) electrons. The normalized spacial score (nSPS) is 29.4. The Labute approximate surface area is 279 Å². The van der Waals surface area contributed by atoms with E-state index < -0.39 is 92.1 Å². The molecule has 2 aromatic carbocycles. The SMILES string of the molecule is CC1(C)S[C@@H]2[C@H](NC(=O)[C@H](N)c3ccccc3)C(=O)N2[C@H]1C(=O)OC(=O)[C@@H]1N2C(=O)[C@@H](NC(=O)[C@H](N)c3ccccc3)[C@H]2SC1(C)C. The molecule has 0 bridgehead atoms. The van der Waals surface area contributed by atoms with E-state index >= 15 is 0 Å². The van der Waals surface area contributed by atoms with Gasteiger partial charge in [-0.1, -0.05) is 60.7 Å². The predicted molar refractivity (Wildman–Crippen MR) is 174 cm³/mol. The third-order valence-electron chi connectivity index (χ3n) is 9.01. The molecule has 4 aliphatic rings. The van der Waals surface area contributed by atoms with Crippen LogP contribution in [-0.2, 0) is 33.5 Å². The number of nitrogens with two attached hydrogens (primary N) is 2. The number of nitrogens with zero attached hydrogens (tertiary/aromatic N) is 2. The maximum Gasteiger partial charge on any atom is 0.338 e. The number of thioether (sulfide) groups is 2. The largest absolute Gasteiger partial charge is 0.390 e. The number of hydrogen-bond donors (Lipinski definition) is 4. The van der Waals surface area contributed by atoms with Gasteiger partial charge in [0.15, 0.2) is 0 Å². The minimum absolute atomic E-state index is 0.488. The first-order valence-electron chi connectivity index (χ1n) is 15.1. The summed E-state index contributed by atoms with van der Waals surface area (Å²) < 4.78 is 3.69. The molecule has 0 unspecified atom stereocenters. The Morgan fingerprint density at radius 3 is 1.36 bits per heavy atom. The third-order valence-corrected chi connectivity index (χ3v) is 12.2. The van der Waals surface area contributed by atoms with Gasteiger partial charge in [0.2, 0.25) is 23.6 Å². The maximum atomic E-state index is 13.6. The number of fused-ring (bicyclic) bond motifs is 2. The van der Waals surface area contributed by atoms with Crippen molar-refractivity contribution in [3.05, 3.63) is 71.8 Å². The highest BCUT2D eigenvalue weighted by molar-refractivity contribution is 8.02. The number of rotatable bonds is 8. The number of benzene rings is 2. The fraction of sp³-hybridized carbons (Fsp3) is 0.438. The van der Waals surface area contributed by atoms with Gasteiger partial charge in [-0.05, 0) is 38.8 Å². The van der Waals surface area contributed by atoms with Crippen LogP contribution < -0.4 is 22.1 Å². The number of amides is 4. The minimum atomic E-state index is -1.11. The van der Waals surface area contributed by atoms with Gasteiger partial charge in [-0.2, -0.15) is 0 Å². The quantitative estimate of drug-likeness (QED) is 0.173. The monoisotopic (exact) mass is 680 g/mol. The van der Waals surface area contributed by atoms with Crippen molar-refractivity contribution in [1.82, 2.24) is 20.4 Å². The first-order valence-corrected chi connectivity index (χ1v) is 16.9. The van der Waals surface area contributed by atoms with Gasteiger partial charge >= 0.3 is 11.9 Å². The number of β-lactam (4-membered cyclic amide) rings is 2. The van der Waals surface area contributed by atoms with Crippen molar-refractivity contribution in [2.45, 2.75) is 84.2 Å². The Morgan fingerprint density at radius 2 is 1.02 bits per heavy atom. The van der Waals surface area contributed by atoms with E-state index in [0.717, 1.165) is 0 Å². The molecule has 6 N–H and O–H groups in total. The van der Waals surface area contributed by atoms with E-state index in [1.807, 2.05) is 0 Å². The Hall–Kier alpha value is -3.92. The van der Waals surface area contributed by atoms with E-state index in [2.05, 4.69) is 10.6 Å². The summed E-state index contributed by atoms with van der Waals surface area (Å²) in [5, 5.41) is 4.28. The second-order valence-corrected chi connectivity index (χ2v) is 16.6. The second kappa shape index (κ2) is 12.0. The van der Waals surface area contributed by atoms with Gasteiger partial charge in [0.05, 0.1) is 0 Å². The first kappa shape index (κ1) is 33.0. The summed E-state index contributed by atoms with van der Waals surface area (Å²) in [5.74, 6) is -3.88. The first-order chi connectivity index (χ1) is 22.1. The van der Waals surface area contributed by atoms with Gasteiger partial charge in [-0.15, -0.1) is 23.5 Å². The zero-order valence-corrected chi connectivity index (χ0v) is 27.7. The zero-order valence-electron chi connectivity index (χ0n) is 26.1. The van der Waals surface area contributed by atoms with Crippen molar-refractivity contribution in [3.8, 4) is 0 Å². The van der Waals surface area contributed by atoms with E-state index in [1.54, 1.807) is 88.4 Å². The standard InChI is InChI=1S/C32H36N6O7S2/c1-31(2)21(37-25(41)19(27(37)46-31)35-23(39)17(33)15-11-7-5-8-12-15)29(43)45-30(44)22-32(3,4)47-28-20(26(42)38(22)28)36-24(40)18(34)16-13-9-6-10-14-16/h5-14,17-22,27-28H,33-34H2,1-4H3,(H,35,39)(H,36,40)/t17-,18-,19-,20-,21+,22+,27-,28-/m1/s1. The molecule has 0 aromatic heterocycles. The average molecular weight is 681 g/mol. The Balaban J connectivity index is 1.09. The highest BCUT2D eigenvalue weighted by Crippen LogP contribution is 2.53. The fourth-order valence-corrected chi connectivity index (χ4v) is 9.81. The molecular weight excluding hydrogens is 645 g/mol. The lowest BCUT2D eigenvalue weighted by atomic mass is 9.94. The number of esters is 2. The Kier molecular flexibility index (Phi) is 8.39. The average Bonchev–Trinajstić information content (AvgIpc) is 3.46. The molecule has 6 rings (SSSR count). The van der Waals surface area contributed by atoms with Crippen LogP contribution in [0.25, 0.3) is 0 Å². The molecule has 0 aliphatic carbocycles. The molecule has 4 amide bonds. The van der Waals surface area contributed by atoms with E-state index in [1.165, 1.54) is 33.3 Å². The van der Waals surface area contributed by atoms with Crippen LogP contribution in [0.5, 0.6) is 0 Å². The van der Waals surface area contributed by atoms with Crippen LogP contribution in [0.3, 0.4) is 0 Å². The van der Waals surface area contributed by atoms with Gasteiger partial charge in [0.25, 0.3) is 0 Å². The number of ether oxygens (including phenoxy) is 1. The van der Waals surface area contributed by atoms with Crippen LogP contribution in [-0.4, -0.2) is 89.8 Å². The molecule has 248 valence electrons. The number of nitrogens with one attached hydrogen (secondary N) is 2. The van der Waals surface area contributed by atoms with Gasteiger partial charge < -0.3 is 36.6 Å². The number of carbonyl (C=O) groups is 6. The molecule has 4 fully saturated rings. The van der Waals surface area contributed by atoms with Crippen molar-refractivity contribution >= 4 is 59.1 Å². The van der Waals surface area contributed by atoms with Crippen LogP contribution in [0.4, 0.5) is 0 Å². The van der Waals surface area contributed by atoms with Crippen molar-refractivity contribution in [1.29, 1.82) is 0 Å². The summed E-state index contributed by atoms with van der Waals surface area (Å²) in [6.07, 6.45) is 0. The highest BCUT2D eigenvalue weighted by Gasteiger charge is 2.67. The van der Waals surface area contributed by atoms with Crippen LogP contribution in [0.2, 0.25) is 0 Å². The lowest BCUT2D eigenvalue weighted by molar-refractivity contribution is -0.176. The molecule has 4 aliphatic heterocycles. The van der Waals surface area contributed by atoms with Crippen molar-refractivity contribution < 1.29 is 33.5 Å². The Morgan fingerprint density at radius 1 is 0.681 bits per heavy atom. The van der Waals surface area contributed by atoms with Crippen LogP contribution in [0.1, 0.15) is 50.9 Å². The Bertz CT molecular complexity index is 1520. The molecule has 8 atom stereocenters. The molecule has 47 heavy (non-hydrogen) atoms. The topological polar surface area (TPSA) is 194 Å². The molecule has 0 spiro atoms. The summed E-state index contributed by atoms with van der Waals surface area (Å²) >= 11 is 2.62. The summed E-state index contributed by atoms with van der Waals surface area (Å²) in [6, 6.07) is 11.5. The van der Waals surface area contributed by atoms with E-state index in [0.29, 0.717) is 11.1 Å². The number of hydrogen-bond acceptors (Lipinski definition) is 11. The van der Waals surface area contributed by atoms with Crippen LogP contribution >= 0.6 is 23.5 Å². The van der Waals surface area contributed by atoms with Crippen molar-refractivity contribution in [3.63, 3.8) is 0 Å². The highest BCUT2D eigenvalue weighted by atomic mass is 32.2. The molecule has 2 aromatic rings. The molecule has 15 heteroatoms. The van der Waals surface area contributed by atoms with Crippen LogP contribution in [0, 0.1) is 0 Å². The summed E-state index contributed by atoms with van der Waals surface area (Å²) in [5.41, 5.74) is 13.4. The van der Waals surface area contributed by atoms with Gasteiger partial charge in [0.1, 0.15) is 47.0 Å². The van der Waals surface area contributed by atoms with E-state index in [9.17, 15) is 28.8 Å². The summed E-state index contributed by atoms with van der Waals surface area (Å²) in [7, 11) is 0. The predicted octanol–water partition coefficient (Wildman–Crippen LogP) is 0.550. The third kappa shape index (κ3) is 5.58. The summed E-state index contributed by atoms with van der Waals surface area (Å²) in [4.78, 5) is 82.0. The van der Waals surface area contributed by atoms with E-state index in [4.69, 9.17) is 16.2 Å².